The molecule has 1 saturated carbocycles. The first-order valence-corrected chi connectivity index (χ1v) is 7.62. The summed E-state index contributed by atoms with van der Waals surface area (Å²) in [6.45, 7) is 1.84. The normalized spacial score (nSPS) is 27.4. The van der Waals surface area contributed by atoms with Crippen molar-refractivity contribution in [2.24, 2.45) is 11.7 Å². The van der Waals surface area contributed by atoms with Crippen molar-refractivity contribution in [3.05, 3.63) is 34.4 Å². The molecule has 0 spiro atoms. The van der Waals surface area contributed by atoms with Gasteiger partial charge in [-0.25, -0.2) is 8.42 Å². The average molecular weight is 284 g/mol. The van der Waals surface area contributed by atoms with Crippen LogP contribution in [-0.4, -0.2) is 24.6 Å². The maximum absolute atomic E-state index is 12.4. The molecule has 1 aliphatic carbocycles. The van der Waals surface area contributed by atoms with Crippen molar-refractivity contribution in [1.82, 2.24) is 0 Å². The quantitative estimate of drug-likeness (QED) is 0.669. The molecule has 19 heavy (non-hydrogen) atoms. The first-order valence-electron chi connectivity index (χ1n) is 6.08. The number of rotatable bonds is 3. The summed E-state index contributed by atoms with van der Waals surface area (Å²) in [4.78, 5) is 10.1. The Bertz CT molecular complexity index is 582. The maximum atomic E-state index is 12.4. The van der Waals surface area contributed by atoms with Crippen molar-refractivity contribution in [2.75, 3.05) is 0 Å². The molecule has 0 amide bonds. The molecular weight excluding hydrogens is 268 g/mol. The smallest absolute Gasteiger partial charge is 0.269 e. The Morgan fingerprint density at radius 2 is 1.84 bits per heavy atom. The first-order chi connectivity index (χ1) is 8.84. The molecule has 3 unspecified atom stereocenters. The molecule has 1 aromatic carbocycles. The van der Waals surface area contributed by atoms with E-state index in [0.29, 0.717) is 12.8 Å². The van der Waals surface area contributed by atoms with Crippen molar-refractivity contribution in [1.29, 1.82) is 0 Å². The van der Waals surface area contributed by atoms with Gasteiger partial charge in [-0.05, 0) is 30.9 Å². The van der Waals surface area contributed by atoms with Crippen molar-refractivity contribution in [3.8, 4) is 0 Å². The van der Waals surface area contributed by atoms with Gasteiger partial charge < -0.3 is 5.73 Å². The van der Waals surface area contributed by atoms with Gasteiger partial charge in [-0.2, -0.15) is 0 Å². The minimum Gasteiger partial charge on any atom is -0.327 e. The minimum atomic E-state index is -3.47. The summed E-state index contributed by atoms with van der Waals surface area (Å²) in [6.07, 6.45) is 1.24. The van der Waals surface area contributed by atoms with E-state index in [9.17, 15) is 18.5 Å². The summed E-state index contributed by atoms with van der Waals surface area (Å²) in [5.74, 6) is -0.0970. The molecule has 2 rings (SSSR count). The average Bonchev–Trinajstić information content (AvgIpc) is 2.70. The Hall–Kier alpha value is -1.47. The summed E-state index contributed by atoms with van der Waals surface area (Å²) in [5.41, 5.74) is 5.74. The van der Waals surface area contributed by atoms with E-state index in [2.05, 4.69) is 0 Å². The van der Waals surface area contributed by atoms with Crippen molar-refractivity contribution < 1.29 is 13.3 Å². The number of hydrogen-bond acceptors (Lipinski definition) is 5. The Labute approximate surface area is 111 Å². The molecule has 0 aliphatic heterocycles. The van der Waals surface area contributed by atoms with E-state index in [1.807, 2.05) is 6.92 Å². The molecule has 104 valence electrons. The third-order valence-electron chi connectivity index (χ3n) is 3.82. The molecule has 0 aromatic heterocycles. The number of nitrogens with zero attached hydrogens (tertiary/aromatic N) is 1. The van der Waals surface area contributed by atoms with Crippen LogP contribution in [0.15, 0.2) is 29.2 Å². The van der Waals surface area contributed by atoms with E-state index in [-0.39, 0.29) is 22.5 Å². The van der Waals surface area contributed by atoms with Gasteiger partial charge in [-0.1, -0.05) is 6.92 Å². The fourth-order valence-corrected chi connectivity index (χ4v) is 4.61. The fourth-order valence-electron chi connectivity index (χ4n) is 2.53. The number of non-ortho nitro benzene ring substituents is 1. The molecule has 6 nitrogen and oxygen atoms in total. The van der Waals surface area contributed by atoms with Crippen LogP contribution in [0.3, 0.4) is 0 Å². The minimum absolute atomic E-state index is 0.0970. The Morgan fingerprint density at radius 3 is 2.26 bits per heavy atom. The van der Waals surface area contributed by atoms with Crippen LogP contribution in [-0.2, 0) is 9.84 Å². The zero-order chi connectivity index (χ0) is 14.2. The predicted octanol–water partition coefficient (Wildman–Crippen LogP) is 1.49. The van der Waals surface area contributed by atoms with Gasteiger partial charge in [0.05, 0.1) is 15.1 Å². The number of benzene rings is 1. The van der Waals surface area contributed by atoms with Gasteiger partial charge in [-0.3, -0.25) is 10.1 Å². The van der Waals surface area contributed by atoms with Gasteiger partial charge in [0.1, 0.15) is 0 Å². The van der Waals surface area contributed by atoms with E-state index in [1.54, 1.807) is 0 Å². The molecule has 0 saturated heterocycles. The van der Waals surface area contributed by atoms with Crippen molar-refractivity contribution in [2.45, 2.75) is 36.0 Å². The largest absolute Gasteiger partial charge is 0.327 e. The zero-order valence-corrected chi connectivity index (χ0v) is 11.3. The van der Waals surface area contributed by atoms with Crippen LogP contribution < -0.4 is 5.73 Å². The Morgan fingerprint density at radius 1 is 1.26 bits per heavy atom. The summed E-state index contributed by atoms with van der Waals surface area (Å²) >= 11 is 0. The SMILES string of the molecule is CC1C(N)CCC1S(=O)(=O)c1ccc([N+](=O)[O-])cc1. The highest BCUT2D eigenvalue weighted by molar-refractivity contribution is 7.92. The topological polar surface area (TPSA) is 103 Å². The van der Waals surface area contributed by atoms with Crippen LogP contribution in [0, 0.1) is 16.0 Å². The highest BCUT2D eigenvalue weighted by atomic mass is 32.2. The van der Waals surface area contributed by atoms with Gasteiger partial charge in [-0.15, -0.1) is 0 Å². The maximum Gasteiger partial charge on any atom is 0.269 e. The number of sulfone groups is 1. The van der Waals surface area contributed by atoms with Crippen molar-refractivity contribution in [3.63, 3.8) is 0 Å². The lowest BCUT2D eigenvalue weighted by atomic mass is 10.1. The summed E-state index contributed by atoms with van der Waals surface area (Å²) < 4.78 is 24.9. The standard InChI is InChI=1S/C12H16N2O4S/c1-8-11(13)6-7-12(8)19(17,18)10-4-2-9(3-5-10)14(15)16/h2-5,8,11-12H,6-7,13H2,1H3. The lowest BCUT2D eigenvalue weighted by molar-refractivity contribution is -0.384. The molecule has 0 bridgehead atoms. The van der Waals surface area contributed by atoms with Crippen molar-refractivity contribution >= 4 is 15.5 Å². The molecule has 7 heteroatoms. The number of nitro benzene ring substituents is 1. The third kappa shape index (κ3) is 2.48. The van der Waals surface area contributed by atoms with Gasteiger partial charge in [0.25, 0.3) is 5.69 Å². The Balaban J connectivity index is 2.32. The second-order valence-corrected chi connectivity index (χ2v) is 7.10. The molecule has 1 aromatic rings. The third-order valence-corrected chi connectivity index (χ3v) is 6.21. The highest BCUT2D eigenvalue weighted by Gasteiger charge is 2.40. The van der Waals surface area contributed by atoms with Crippen LogP contribution in [0.5, 0.6) is 0 Å². The summed E-state index contributed by atoms with van der Waals surface area (Å²) in [6, 6.07) is 4.92. The predicted molar refractivity (Wildman–Crippen MR) is 70.4 cm³/mol. The van der Waals surface area contributed by atoms with E-state index >= 15 is 0 Å². The number of hydrogen-bond donors (Lipinski definition) is 1. The van der Waals surface area contributed by atoms with Crippen LogP contribution in [0.2, 0.25) is 0 Å². The summed E-state index contributed by atoms with van der Waals surface area (Å²) in [5, 5.41) is 10.1. The van der Waals surface area contributed by atoms with Gasteiger partial charge >= 0.3 is 0 Å². The van der Waals surface area contributed by atoms with E-state index in [0.717, 1.165) is 0 Å². The lowest BCUT2D eigenvalue weighted by Crippen LogP contribution is -2.32. The molecule has 1 aliphatic rings. The van der Waals surface area contributed by atoms with Crippen LogP contribution in [0.1, 0.15) is 19.8 Å². The number of nitrogens with two attached hydrogens (primary N) is 1. The zero-order valence-electron chi connectivity index (χ0n) is 10.5. The highest BCUT2D eigenvalue weighted by Crippen LogP contribution is 2.34. The second-order valence-electron chi connectivity index (χ2n) is 4.93. The molecule has 0 radical (unpaired) electrons. The van der Waals surface area contributed by atoms with Gasteiger partial charge in [0.2, 0.25) is 0 Å². The van der Waals surface area contributed by atoms with Crippen LogP contribution in [0.4, 0.5) is 5.69 Å². The van der Waals surface area contributed by atoms with Crippen LogP contribution in [0.25, 0.3) is 0 Å². The monoisotopic (exact) mass is 284 g/mol. The van der Waals surface area contributed by atoms with E-state index < -0.39 is 20.0 Å². The molecular formula is C12H16N2O4S. The summed E-state index contributed by atoms with van der Waals surface area (Å²) in [7, 11) is -3.47. The molecule has 3 atom stereocenters. The molecule has 1 fully saturated rings. The van der Waals surface area contributed by atoms with E-state index in [1.165, 1.54) is 24.3 Å². The van der Waals surface area contributed by atoms with Gasteiger partial charge in [0.15, 0.2) is 9.84 Å². The Kier molecular flexibility index (Phi) is 3.60. The molecule has 0 heterocycles. The first kappa shape index (κ1) is 14.0. The lowest BCUT2D eigenvalue weighted by Gasteiger charge is -2.18. The van der Waals surface area contributed by atoms with E-state index in [4.69, 9.17) is 5.73 Å². The fraction of sp³-hybridized carbons (Fsp3) is 0.500. The number of nitro groups is 1. The molecule has 2 N–H and O–H groups in total. The van der Waals surface area contributed by atoms with Crippen LogP contribution >= 0.6 is 0 Å². The second kappa shape index (κ2) is 4.90. The van der Waals surface area contributed by atoms with Gasteiger partial charge in [0, 0.05) is 18.2 Å².